The molecule has 1 fully saturated rings. The molecular weight excluding hydrogens is 268 g/mol. The fourth-order valence-electron chi connectivity index (χ4n) is 2.25. The first-order valence-corrected chi connectivity index (χ1v) is 7.69. The number of H-pyrrole nitrogens is 1. The second kappa shape index (κ2) is 5.58. The Balaban J connectivity index is 2.13. The van der Waals surface area contributed by atoms with Gasteiger partial charge in [0, 0.05) is 19.7 Å². The molecule has 1 aromatic heterocycles. The molecule has 0 radical (unpaired) electrons. The lowest BCUT2D eigenvalue weighted by Crippen LogP contribution is -2.47. The summed E-state index contributed by atoms with van der Waals surface area (Å²) in [5.74, 6) is 0. The van der Waals surface area contributed by atoms with Crippen molar-refractivity contribution in [3.8, 4) is 0 Å². The molecule has 0 atom stereocenters. The van der Waals surface area contributed by atoms with E-state index in [1.54, 1.807) is 21.1 Å². The largest absolute Gasteiger partial charge is 0.381 e. The van der Waals surface area contributed by atoms with E-state index in [1.165, 1.54) is 0 Å². The second-order valence-corrected chi connectivity index (χ2v) is 6.45. The number of methoxy groups -OCH3 is 1. The van der Waals surface area contributed by atoms with Crippen molar-refractivity contribution in [3.05, 3.63) is 11.4 Å². The molecule has 1 aliphatic rings. The third kappa shape index (κ3) is 2.97. The number of hydrogen-bond donors (Lipinski definition) is 3. The van der Waals surface area contributed by atoms with E-state index in [2.05, 4.69) is 20.2 Å². The predicted molar refractivity (Wildman–Crippen MR) is 70.2 cm³/mol. The zero-order chi connectivity index (χ0) is 14.0. The fraction of sp³-hybridized carbons (Fsp3) is 0.727. The van der Waals surface area contributed by atoms with Crippen molar-refractivity contribution in [3.63, 3.8) is 0 Å². The molecule has 3 N–H and O–H groups in total. The Bertz CT molecular complexity index is 534. The highest BCUT2D eigenvalue weighted by atomic mass is 32.2. The van der Waals surface area contributed by atoms with Gasteiger partial charge in [0.25, 0.3) is 0 Å². The van der Waals surface area contributed by atoms with Gasteiger partial charge in [-0.15, -0.1) is 0 Å². The zero-order valence-electron chi connectivity index (χ0n) is 11.4. The molecule has 0 spiro atoms. The highest BCUT2D eigenvalue weighted by Gasteiger charge is 2.34. The third-order valence-electron chi connectivity index (χ3n) is 3.32. The van der Waals surface area contributed by atoms with Gasteiger partial charge < -0.3 is 10.1 Å². The lowest BCUT2D eigenvalue weighted by Gasteiger charge is -2.34. The quantitative estimate of drug-likeness (QED) is 0.679. The van der Waals surface area contributed by atoms with Gasteiger partial charge in [0.15, 0.2) is 0 Å². The molecule has 0 aromatic carbocycles. The van der Waals surface area contributed by atoms with Crippen molar-refractivity contribution in [1.29, 1.82) is 0 Å². The Labute approximate surface area is 113 Å². The van der Waals surface area contributed by atoms with Gasteiger partial charge in [-0.3, -0.25) is 5.10 Å². The third-order valence-corrected chi connectivity index (χ3v) is 5.05. The van der Waals surface area contributed by atoms with Crippen molar-refractivity contribution in [2.75, 3.05) is 14.2 Å². The van der Waals surface area contributed by atoms with Crippen molar-refractivity contribution in [2.24, 2.45) is 0 Å². The molecule has 0 aliphatic heterocycles. The lowest BCUT2D eigenvalue weighted by atomic mass is 9.90. The highest BCUT2D eigenvalue weighted by Crippen LogP contribution is 2.26. The Hall–Kier alpha value is -0.960. The topological polar surface area (TPSA) is 96.1 Å². The summed E-state index contributed by atoms with van der Waals surface area (Å²) in [4.78, 5) is 0.253. The van der Waals surface area contributed by atoms with Crippen LogP contribution in [0.4, 0.5) is 0 Å². The molecule has 1 aromatic rings. The minimum Gasteiger partial charge on any atom is -0.381 e. The van der Waals surface area contributed by atoms with E-state index < -0.39 is 10.0 Å². The first kappa shape index (κ1) is 14.4. The maximum atomic E-state index is 12.4. The molecule has 19 heavy (non-hydrogen) atoms. The van der Waals surface area contributed by atoms with Gasteiger partial charge in [0.05, 0.1) is 17.5 Å². The van der Waals surface area contributed by atoms with Crippen LogP contribution >= 0.6 is 0 Å². The highest BCUT2D eigenvalue weighted by molar-refractivity contribution is 7.89. The molecule has 108 valence electrons. The number of sulfonamides is 1. The number of nitrogens with zero attached hydrogens (tertiary/aromatic N) is 1. The van der Waals surface area contributed by atoms with E-state index in [4.69, 9.17) is 4.74 Å². The van der Waals surface area contributed by atoms with E-state index in [-0.39, 0.29) is 17.0 Å². The molecular formula is C11H20N4O3S. The van der Waals surface area contributed by atoms with E-state index in [1.807, 2.05) is 0 Å². The van der Waals surface area contributed by atoms with Crippen LogP contribution < -0.4 is 10.0 Å². The molecule has 7 nitrogen and oxygen atoms in total. The van der Waals surface area contributed by atoms with Crippen LogP contribution in [0.3, 0.4) is 0 Å². The van der Waals surface area contributed by atoms with Crippen LogP contribution in [0.5, 0.6) is 0 Å². The molecule has 0 unspecified atom stereocenters. The normalized spacial score (nSPS) is 23.3. The average Bonchev–Trinajstić information content (AvgIpc) is 2.65. The second-order valence-electron chi connectivity index (χ2n) is 4.80. The fourth-order valence-corrected chi connectivity index (χ4v) is 3.87. The standard InChI is InChI=1S/C11H20N4O3S/c1-7-11(10(6-12-2)14-13-7)19(16,17)15-8-4-9(5-8)18-3/h8-9,12,15H,4-6H2,1-3H3,(H,13,14). The average molecular weight is 288 g/mol. The van der Waals surface area contributed by atoms with Crippen molar-refractivity contribution in [2.45, 2.75) is 43.4 Å². The minimum absolute atomic E-state index is 0.0494. The van der Waals surface area contributed by atoms with Gasteiger partial charge in [-0.05, 0) is 26.8 Å². The van der Waals surface area contributed by atoms with Crippen LogP contribution in [0.15, 0.2) is 4.90 Å². The number of hydrogen-bond acceptors (Lipinski definition) is 5. The molecule has 0 amide bonds. The molecule has 8 heteroatoms. The number of rotatable bonds is 6. The van der Waals surface area contributed by atoms with Crippen molar-refractivity contribution >= 4 is 10.0 Å². The summed E-state index contributed by atoms with van der Waals surface area (Å²) in [7, 11) is -0.139. The summed E-state index contributed by atoms with van der Waals surface area (Å²) < 4.78 is 32.6. The summed E-state index contributed by atoms with van der Waals surface area (Å²) in [6.07, 6.45) is 1.59. The van der Waals surface area contributed by atoms with Crippen molar-refractivity contribution in [1.82, 2.24) is 20.2 Å². The van der Waals surface area contributed by atoms with Crippen LogP contribution in [-0.2, 0) is 21.3 Å². The van der Waals surface area contributed by atoms with Gasteiger partial charge in [-0.1, -0.05) is 0 Å². The number of ether oxygens (including phenoxy) is 1. The Morgan fingerprint density at radius 3 is 2.74 bits per heavy atom. The van der Waals surface area contributed by atoms with Gasteiger partial charge in [-0.25, -0.2) is 13.1 Å². The van der Waals surface area contributed by atoms with Crippen LogP contribution in [0.25, 0.3) is 0 Å². The summed E-state index contributed by atoms with van der Waals surface area (Å²) in [6.45, 7) is 2.12. The molecule has 0 bridgehead atoms. The first-order chi connectivity index (χ1) is 8.97. The van der Waals surface area contributed by atoms with E-state index in [0.29, 0.717) is 30.8 Å². The van der Waals surface area contributed by atoms with Crippen LogP contribution in [0.2, 0.25) is 0 Å². The molecule has 1 heterocycles. The molecule has 2 rings (SSSR count). The van der Waals surface area contributed by atoms with Crippen molar-refractivity contribution < 1.29 is 13.2 Å². The molecule has 0 saturated heterocycles. The van der Waals surface area contributed by atoms with E-state index >= 15 is 0 Å². The number of aryl methyl sites for hydroxylation is 1. The van der Waals surface area contributed by atoms with E-state index in [9.17, 15) is 8.42 Å². The molecule has 1 aliphatic carbocycles. The van der Waals surface area contributed by atoms with Gasteiger partial charge in [-0.2, -0.15) is 5.10 Å². The maximum absolute atomic E-state index is 12.4. The van der Waals surface area contributed by atoms with Gasteiger partial charge in [0.2, 0.25) is 10.0 Å². The van der Waals surface area contributed by atoms with E-state index in [0.717, 1.165) is 0 Å². The monoisotopic (exact) mass is 288 g/mol. The summed E-state index contributed by atoms with van der Waals surface area (Å²) in [6, 6.07) is -0.0494. The van der Waals surface area contributed by atoms with Crippen LogP contribution in [-0.4, -0.2) is 44.9 Å². The van der Waals surface area contributed by atoms with Gasteiger partial charge in [0.1, 0.15) is 4.90 Å². The lowest BCUT2D eigenvalue weighted by molar-refractivity contribution is 0.0236. The zero-order valence-corrected chi connectivity index (χ0v) is 12.2. The van der Waals surface area contributed by atoms with Crippen LogP contribution in [0, 0.1) is 6.92 Å². The summed E-state index contributed by atoms with van der Waals surface area (Å²) in [5.41, 5.74) is 1.07. The minimum atomic E-state index is -3.53. The predicted octanol–water partition coefficient (Wildman–Crippen LogP) is -0.107. The number of nitrogens with one attached hydrogen (secondary N) is 3. The summed E-state index contributed by atoms with van der Waals surface area (Å²) in [5, 5.41) is 9.66. The first-order valence-electron chi connectivity index (χ1n) is 6.21. The Morgan fingerprint density at radius 2 is 2.16 bits per heavy atom. The Morgan fingerprint density at radius 1 is 1.47 bits per heavy atom. The SMILES string of the molecule is CNCc1n[nH]c(C)c1S(=O)(=O)NC1CC(OC)C1. The summed E-state index contributed by atoms with van der Waals surface area (Å²) >= 11 is 0. The Kier molecular flexibility index (Phi) is 4.24. The molecule has 1 saturated carbocycles. The van der Waals surface area contributed by atoms with Gasteiger partial charge >= 0.3 is 0 Å². The maximum Gasteiger partial charge on any atom is 0.244 e. The smallest absolute Gasteiger partial charge is 0.244 e. The number of aromatic amines is 1. The van der Waals surface area contributed by atoms with Crippen LogP contribution in [0.1, 0.15) is 24.2 Å². The number of aromatic nitrogens is 2.